The second kappa shape index (κ2) is 6.49. The minimum absolute atomic E-state index is 0.125. The first-order valence-corrected chi connectivity index (χ1v) is 6.63. The van der Waals surface area contributed by atoms with E-state index in [0.717, 1.165) is 37.9 Å². The molecule has 0 spiro atoms. The lowest BCUT2D eigenvalue weighted by molar-refractivity contribution is -0.125. The van der Waals surface area contributed by atoms with Crippen LogP contribution in [0, 0.1) is 11.8 Å². The molecule has 1 fully saturated rings. The smallest absolute Gasteiger partial charge is 0.223 e. The zero-order chi connectivity index (χ0) is 12.8. The highest BCUT2D eigenvalue weighted by molar-refractivity contribution is 5.79. The fraction of sp³-hybridized carbons (Fsp3) is 0.750. The van der Waals surface area contributed by atoms with Crippen molar-refractivity contribution < 1.29 is 4.79 Å². The van der Waals surface area contributed by atoms with Crippen LogP contribution in [0.2, 0.25) is 0 Å². The van der Waals surface area contributed by atoms with Gasteiger partial charge in [-0.15, -0.1) is 0 Å². The van der Waals surface area contributed by atoms with Gasteiger partial charge in [-0.3, -0.25) is 9.89 Å². The molecule has 0 saturated heterocycles. The standard InChI is InChI=1S/C12H21N5O/c13-7-9-3-1-4-10(9)12(18)14-6-2-5-11-15-8-16-17-11/h8-10H,1-7,13H2,(H,14,18)(H,15,16,17). The second-order valence-corrected chi connectivity index (χ2v) is 4.86. The molecule has 0 aliphatic heterocycles. The number of nitrogens with zero attached hydrogens (tertiary/aromatic N) is 2. The van der Waals surface area contributed by atoms with E-state index in [0.29, 0.717) is 19.0 Å². The number of nitrogens with two attached hydrogens (primary N) is 1. The number of rotatable bonds is 6. The van der Waals surface area contributed by atoms with Crippen molar-refractivity contribution in [1.29, 1.82) is 0 Å². The molecule has 1 heterocycles. The normalized spacial score (nSPS) is 23.2. The third-order valence-corrected chi connectivity index (χ3v) is 3.65. The number of carbonyl (C=O) groups is 1. The monoisotopic (exact) mass is 251 g/mol. The molecule has 6 heteroatoms. The van der Waals surface area contributed by atoms with Gasteiger partial charge in [0.2, 0.25) is 5.91 Å². The lowest BCUT2D eigenvalue weighted by Crippen LogP contribution is -2.35. The molecule has 1 aromatic heterocycles. The molecule has 100 valence electrons. The van der Waals surface area contributed by atoms with Gasteiger partial charge in [0.25, 0.3) is 0 Å². The predicted octanol–water partition coefficient (Wildman–Crippen LogP) is 0.228. The Morgan fingerprint density at radius 2 is 2.44 bits per heavy atom. The number of hydrogen-bond donors (Lipinski definition) is 3. The SMILES string of the molecule is NCC1CCCC1C(=O)NCCCc1ncn[nH]1. The van der Waals surface area contributed by atoms with Gasteiger partial charge in [-0.1, -0.05) is 6.42 Å². The number of aromatic nitrogens is 3. The van der Waals surface area contributed by atoms with Gasteiger partial charge in [0, 0.05) is 18.9 Å². The molecular formula is C12H21N5O. The van der Waals surface area contributed by atoms with Crippen LogP contribution in [0.15, 0.2) is 6.33 Å². The zero-order valence-electron chi connectivity index (χ0n) is 10.6. The Labute approximate surface area is 107 Å². The molecule has 2 atom stereocenters. The Kier molecular flexibility index (Phi) is 4.69. The Bertz CT molecular complexity index is 365. The fourth-order valence-electron chi connectivity index (χ4n) is 2.61. The van der Waals surface area contributed by atoms with Gasteiger partial charge >= 0.3 is 0 Å². The summed E-state index contributed by atoms with van der Waals surface area (Å²) in [5.41, 5.74) is 5.68. The van der Waals surface area contributed by atoms with Crippen molar-refractivity contribution in [3.8, 4) is 0 Å². The van der Waals surface area contributed by atoms with E-state index in [1.54, 1.807) is 0 Å². The van der Waals surface area contributed by atoms with Crippen LogP contribution in [0.4, 0.5) is 0 Å². The molecule has 1 saturated carbocycles. The van der Waals surface area contributed by atoms with Crippen LogP contribution >= 0.6 is 0 Å². The maximum absolute atomic E-state index is 12.0. The molecule has 1 aliphatic rings. The molecule has 0 aromatic carbocycles. The Balaban J connectivity index is 1.65. The van der Waals surface area contributed by atoms with E-state index in [1.165, 1.54) is 6.33 Å². The summed E-state index contributed by atoms with van der Waals surface area (Å²) in [4.78, 5) is 16.0. The van der Waals surface area contributed by atoms with Crippen LogP contribution in [0.1, 0.15) is 31.5 Å². The van der Waals surface area contributed by atoms with Gasteiger partial charge in [-0.2, -0.15) is 5.10 Å². The number of carbonyl (C=O) groups excluding carboxylic acids is 1. The van der Waals surface area contributed by atoms with Crippen molar-refractivity contribution in [2.24, 2.45) is 17.6 Å². The van der Waals surface area contributed by atoms with Gasteiger partial charge < -0.3 is 11.1 Å². The first-order chi connectivity index (χ1) is 8.81. The zero-order valence-corrected chi connectivity index (χ0v) is 10.6. The highest BCUT2D eigenvalue weighted by Crippen LogP contribution is 2.30. The number of nitrogens with one attached hydrogen (secondary N) is 2. The Morgan fingerprint density at radius 3 is 3.17 bits per heavy atom. The summed E-state index contributed by atoms with van der Waals surface area (Å²) >= 11 is 0. The van der Waals surface area contributed by atoms with Crippen LogP contribution in [-0.4, -0.2) is 34.2 Å². The van der Waals surface area contributed by atoms with Crippen LogP contribution < -0.4 is 11.1 Å². The number of H-pyrrole nitrogens is 1. The third-order valence-electron chi connectivity index (χ3n) is 3.65. The molecule has 0 radical (unpaired) electrons. The molecule has 0 bridgehead atoms. The van der Waals surface area contributed by atoms with E-state index in [-0.39, 0.29) is 11.8 Å². The molecule has 1 aliphatic carbocycles. The quantitative estimate of drug-likeness (QED) is 0.630. The fourth-order valence-corrected chi connectivity index (χ4v) is 2.61. The summed E-state index contributed by atoms with van der Waals surface area (Å²) in [7, 11) is 0. The van der Waals surface area contributed by atoms with Crippen molar-refractivity contribution in [2.45, 2.75) is 32.1 Å². The maximum Gasteiger partial charge on any atom is 0.223 e. The molecule has 6 nitrogen and oxygen atoms in total. The molecule has 2 rings (SSSR count). The van der Waals surface area contributed by atoms with Gasteiger partial charge in [0.1, 0.15) is 12.2 Å². The Morgan fingerprint density at radius 1 is 1.56 bits per heavy atom. The summed E-state index contributed by atoms with van der Waals surface area (Å²) in [5, 5.41) is 9.58. The molecule has 1 amide bonds. The van der Waals surface area contributed by atoms with Crippen molar-refractivity contribution in [2.75, 3.05) is 13.1 Å². The highest BCUT2D eigenvalue weighted by atomic mass is 16.1. The first-order valence-electron chi connectivity index (χ1n) is 6.63. The third kappa shape index (κ3) is 3.29. The summed E-state index contributed by atoms with van der Waals surface area (Å²) in [5.74, 6) is 1.53. The minimum Gasteiger partial charge on any atom is -0.356 e. The average molecular weight is 251 g/mol. The van der Waals surface area contributed by atoms with E-state index < -0.39 is 0 Å². The Hall–Kier alpha value is -1.43. The van der Waals surface area contributed by atoms with E-state index in [2.05, 4.69) is 20.5 Å². The van der Waals surface area contributed by atoms with E-state index in [1.807, 2.05) is 0 Å². The number of aryl methyl sites for hydroxylation is 1. The lowest BCUT2D eigenvalue weighted by Gasteiger charge is -2.17. The van der Waals surface area contributed by atoms with Crippen molar-refractivity contribution in [1.82, 2.24) is 20.5 Å². The second-order valence-electron chi connectivity index (χ2n) is 4.86. The van der Waals surface area contributed by atoms with Crippen LogP contribution in [-0.2, 0) is 11.2 Å². The summed E-state index contributed by atoms with van der Waals surface area (Å²) < 4.78 is 0. The van der Waals surface area contributed by atoms with Crippen LogP contribution in [0.3, 0.4) is 0 Å². The lowest BCUT2D eigenvalue weighted by atomic mass is 9.95. The number of amides is 1. The van der Waals surface area contributed by atoms with Crippen molar-refractivity contribution in [3.63, 3.8) is 0 Å². The van der Waals surface area contributed by atoms with E-state index in [9.17, 15) is 4.79 Å². The van der Waals surface area contributed by atoms with E-state index in [4.69, 9.17) is 5.73 Å². The summed E-state index contributed by atoms with van der Waals surface area (Å²) in [6, 6.07) is 0. The average Bonchev–Trinajstić information content (AvgIpc) is 3.04. The number of aromatic amines is 1. The molecular weight excluding hydrogens is 230 g/mol. The summed E-state index contributed by atoms with van der Waals surface area (Å²) in [6.07, 6.45) is 6.38. The van der Waals surface area contributed by atoms with Gasteiger partial charge in [0.15, 0.2) is 0 Å². The molecule has 18 heavy (non-hydrogen) atoms. The van der Waals surface area contributed by atoms with Gasteiger partial charge in [0.05, 0.1) is 0 Å². The van der Waals surface area contributed by atoms with Gasteiger partial charge in [-0.05, 0) is 31.7 Å². The predicted molar refractivity (Wildman–Crippen MR) is 67.6 cm³/mol. The van der Waals surface area contributed by atoms with Crippen molar-refractivity contribution >= 4 is 5.91 Å². The topological polar surface area (TPSA) is 96.7 Å². The first kappa shape index (κ1) is 13.0. The maximum atomic E-state index is 12.0. The van der Waals surface area contributed by atoms with Crippen LogP contribution in [0.25, 0.3) is 0 Å². The molecule has 1 aromatic rings. The highest BCUT2D eigenvalue weighted by Gasteiger charge is 2.31. The van der Waals surface area contributed by atoms with Gasteiger partial charge in [-0.25, -0.2) is 4.98 Å². The minimum atomic E-state index is 0.125. The van der Waals surface area contributed by atoms with E-state index >= 15 is 0 Å². The summed E-state index contributed by atoms with van der Waals surface area (Å²) in [6.45, 7) is 1.31. The van der Waals surface area contributed by atoms with Crippen molar-refractivity contribution in [3.05, 3.63) is 12.2 Å². The largest absolute Gasteiger partial charge is 0.356 e. The number of hydrogen-bond acceptors (Lipinski definition) is 4. The molecule has 2 unspecified atom stereocenters. The van der Waals surface area contributed by atoms with Crippen LogP contribution in [0.5, 0.6) is 0 Å². The molecule has 4 N–H and O–H groups in total.